The van der Waals surface area contributed by atoms with Gasteiger partial charge in [-0.2, -0.15) is 0 Å². The van der Waals surface area contributed by atoms with E-state index in [1.807, 2.05) is 6.07 Å². The number of nitrogens with zero attached hydrogens (tertiary/aromatic N) is 1. The molecule has 1 aromatic rings. The molecule has 5 aliphatic heterocycles. The highest BCUT2D eigenvalue weighted by Crippen LogP contribution is 2.65. The summed E-state index contributed by atoms with van der Waals surface area (Å²) in [5.74, 6) is 0.267. The fourth-order valence-electron chi connectivity index (χ4n) is 6.25. The van der Waals surface area contributed by atoms with E-state index in [0.29, 0.717) is 6.42 Å². The van der Waals surface area contributed by atoms with Gasteiger partial charge in [-0.15, -0.1) is 0 Å². The zero-order valence-electron chi connectivity index (χ0n) is 15.5. The monoisotopic (exact) mass is 373 g/mol. The van der Waals surface area contributed by atoms with Crippen LogP contribution in [0.15, 0.2) is 12.1 Å². The van der Waals surface area contributed by atoms with Gasteiger partial charge in [0.05, 0.1) is 6.10 Å². The molecule has 1 aromatic carbocycles. The maximum Gasteiger partial charge on any atom is 0.303 e. The number of ether oxygens (including phenoxy) is 5. The van der Waals surface area contributed by atoms with Crippen molar-refractivity contribution < 1.29 is 28.5 Å². The number of esters is 1. The van der Waals surface area contributed by atoms with Gasteiger partial charge < -0.3 is 23.7 Å². The number of carbonyl (C=O) groups is 1. The van der Waals surface area contributed by atoms with Crippen molar-refractivity contribution in [3.8, 4) is 11.5 Å². The topological polar surface area (TPSA) is 66.5 Å². The molecular formula is C20H23NO6. The van der Waals surface area contributed by atoms with Gasteiger partial charge in [-0.25, -0.2) is 0 Å². The summed E-state index contributed by atoms with van der Waals surface area (Å²) < 4.78 is 29.8. The molecule has 7 rings (SSSR count). The van der Waals surface area contributed by atoms with Crippen LogP contribution in [0.3, 0.4) is 0 Å². The standard InChI is InChI=1S/C20H23NO6/c1-11(22)26-18-17-13-7-15-14(24-10-25-15)6-12(13)16-8-21-5-3-4-19(17,21)9-20(18,23-2)27-16/h6-7,16-18H,3-5,8-10H2,1-2H3. The molecular weight excluding hydrogens is 350 g/mol. The Labute approximate surface area is 157 Å². The second kappa shape index (κ2) is 5.16. The Morgan fingerprint density at radius 1 is 1.26 bits per heavy atom. The lowest BCUT2D eigenvalue weighted by Gasteiger charge is -2.39. The van der Waals surface area contributed by atoms with Crippen LogP contribution in [-0.4, -0.2) is 55.3 Å². The van der Waals surface area contributed by atoms with Gasteiger partial charge in [0.2, 0.25) is 12.6 Å². The Kier molecular flexibility index (Phi) is 3.08. The minimum Gasteiger partial charge on any atom is -0.456 e. The Balaban J connectivity index is 1.62. The van der Waals surface area contributed by atoms with Crippen molar-refractivity contribution in [3.05, 3.63) is 23.3 Å². The second-order valence-electron chi connectivity index (χ2n) is 8.29. The fraction of sp³-hybridized carbons (Fsp3) is 0.650. The number of fused-ring (bicyclic) bond motifs is 1. The average molecular weight is 373 g/mol. The van der Waals surface area contributed by atoms with Gasteiger partial charge in [0, 0.05) is 38.5 Å². The lowest BCUT2D eigenvalue weighted by molar-refractivity contribution is -0.281. The van der Waals surface area contributed by atoms with Gasteiger partial charge in [0.25, 0.3) is 0 Å². The molecule has 5 atom stereocenters. The molecule has 6 aliphatic rings. The van der Waals surface area contributed by atoms with Crippen molar-refractivity contribution >= 4 is 5.97 Å². The number of benzene rings is 1. The van der Waals surface area contributed by atoms with Crippen LogP contribution in [-0.2, 0) is 19.0 Å². The average Bonchev–Trinajstić information content (AvgIpc) is 3.25. The first-order chi connectivity index (χ1) is 13.1. The van der Waals surface area contributed by atoms with Crippen molar-refractivity contribution in [2.24, 2.45) is 0 Å². The number of methoxy groups -OCH3 is 1. The van der Waals surface area contributed by atoms with E-state index in [2.05, 4.69) is 11.0 Å². The summed E-state index contributed by atoms with van der Waals surface area (Å²) in [6.45, 7) is 3.54. The van der Waals surface area contributed by atoms with Crippen LogP contribution in [0.5, 0.6) is 11.5 Å². The molecule has 0 N–H and O–H groups in total. The molecule has 5 unspecified atom stereocenters. The van der Waals surface area contributed by atoms with Crippen LogP contribution < -0.4 is 9.47 Å². The van der Waals surface area contributed by atoms with E-state index in [4.69, 9.17) is 23.7 Å². The second-order valence-corrected chi connectivity index (χ2v) is 8.29. The van der Waals surface area contributed by atoms with Gasteiger partial charge in [-0.05, 0) is 42.6 Å². The lowest BCUT2D eigenvalue weighted by atomic mass is 9.78. The van der Waals surface area contributed by atoms with Crippen LogP contribution in [0.2, 0.25) is 0 Å². The SMILES string of the molecule is COC12CC34CCCN3CC(O1)c1cc3c(cc1C4C2OC(C)=O)OCO3. The van der Waals surface area contributed by atoms with Gasteiger partial charge >= 0.3 is 5.97 Å². The first kappa shape index (κ1) is 16.2. The number of rotatable bonds is 2. The summed E-state index contributed by atoms with van der Waals surface area (Å²) in [6.07, 6.45) is 2.26. The molecule has 144 valence electrons. The molecule has 3 fully saturated rings. The van der Waals surface area contributed by atoms with E-state index in [1.54, 1.807) is 7.11 Å². The molecule has 4 bridgehead atoms. The predicted octanol–water partition coefficient (Wildman–Crippen LogP) is 2.10. The maximum absolute atomic E-state index is 12.0. The summed E-state index contributed by atoms with van der Waals surface area (Å²) in [7, 11) is 1.66. The van der Waals surface area contributed by atoms with Gasteiger partial charge in [-0.3, -0.25) is 9.69 Å². The number of hydrogen-bond acceptors (Lipinski definition) is 7. The molecule has 7 nitrogen and oxygen atoms in total. The predicted molar refractivity (Wildman–Crippen MR) is 92.6 cm³/mol. The highest BCUT2D eigenvalue weighted by Gasteiger charge is 2.72. The molecule has 2 saturated heterocycles. The third-order valence-electron chi connectivity index (χ3n) is 7.16. The summed E-state index contributed by atoms with van der Waals surface area (Å²) in [5, 5.41) is 0. The summed E-state index contributed by atoms with van der Waals surface area (Å²) in [6, 6.07) is 4.13. The summed E-state index contributed by atoms with van der Waals surface area (Å²) in [4.78, 5) is 14.5. The third kappa shape index (κ3) is 1.90. The minimum absolute atomic E-state index is 0.0131. The Bertz CT molecular complexity index is 842. The van der Waals surface area contributed by atoms with Gasteiger partial charge in [0.15, 0.2) is 17.6 Å². The van der Waals surface area contributed by atoms with Crippen molar-refractivity contribution in [1.29, 1.82) is 0 Å². The van der Waals surface area contributed by atoms with Crippen LogP contribution >= 0.6 is 0 Å². The Morgan fingerprint density at radius 3 is 2.78 bits per heavy atom. The molecule has 1 aliphatic carbocycles. The van der Waals surface area contributed by atoms with E-state index in [9.17, 15) is 4.79 Å². The Hall–Kier alpha value is -1.83. The van der Waals surface area contributed by atoms with Crippen molar-refractivity contribution in [3.63, 3.8) is 0 Å². The van der Waals surface area contributed by atoms with Crippen LogP contribution in [0.4, 0.5) is 0 Å². The highest BCUT2D eigenvalue weighted by molar-refractivity contribution is 5.67. The van der Waals surface area contributed by atoms with Gasteiger partial charge in [0.1, 0.15) is 0 Å². The molecule has 0 aromatic heterocycles. The molecule has 1 saturated carbocycles. The van der Waals surface area contributed by atoms with E-state index in [-0.39, 0.29) is 30.3 Å². The first-order valence-corrected chi connectivity index (χ1v) is 9.65. The first-order valence-electron chi connectivity index (χ1n) is 9.65. The fourth-order valence-corrected chi connectivity index (χ4v) is 6.25. The molecule has 0 radical (unpaired) electrons. The summed E-state index contributed by atoms with van der Waals surface area (Å²) >= 11 is 0. The number of carbonyl (C=O) groups excluding carboxylic acids is 1. The molecule has 0 amide bonds. The lowest BCUT2D eigenvalue weighted by Crippen LogP contribution is -2.49. The van der Waals surface area contributed by atoms with Crippen LogP contribution in [0, 0.1) is 0 Å². The maximum atomic E-state index is 12.0. The Morgan fingerprint density at radius 2 is 2.04 bits per heavy atom. The number of hydrogen-bond donors (Lipinski definition) is 0. The van der Waals surface area contributed by atoms with Gasteiger partial charge in [-0.1, -0.05) is 0 Å². The molecule has 1 spiro atoms. The van der Waals surface area contributed by atoms with Crippen LogP contribution in [0.25, 0.3) is 0 Å². The highest BCUT2D eigenvalue weighted by atomic mass is 16.7. The molecule has 7 heteroatoms. The third-order valence-corrected chi connectivity index (χ3v) is 7.16. The minimum atomic E-state index is -0.925. The van der Waals surface area contributed by atoms with Crippen LogP contribution in [0.1, 0.15) is 49.3 Å². The molecule has 5 heterocycles. The normalized spacial score (nSPS) is 40.6. The molecule has 27 heavy (non-hydrogen) atoms. The zero-order chi connectivity index (χ0) is 18.4. The van der Waals surface area contributed by atoms with E-state index >= 15 is 0 Å². The van der Waals surface area contributed by atoms with E-state index < -0.39 is 11.9 Å². The quantitative estimate of drug-likeness (QED) is 0.736. The van der Waals surface area contributed by atoms with Crippen molar-refractivity contribution in [2.45, 2.75) is 55.6 Å². The summed E-state index contributed by atoms with van der Waals surface area (Å²) in [5.41, 5.74) is 2.13. The smallest absolute Gasteiger partial charge is 0.303 e. The van der Waals surface area contributed by atoms with E-state index in [1.165, 1.54) is 6.92 Å². The van der Waals surface area contributed by atoms with Crippen molar-refractivity contribution in [2.75, 3.05) is 27.0 Å². The van der Waals surface area contributed by atoms with Crippen molar-refractivity contribution in [1.82, 2.24) is 4.90 Å². The largest absolute Gasteiger partial charge is 0.456 e. The van der Waals surface area contributed by atoms with E-state index in [0.717, 1.165) is 48.6 Å². The zero-order valence-corrected chi connectivity index (χ0v) is 15.5.